The standard InChI is InChI=1S/C27H30O4/c1-2-25(29-19-22-12-6-3-7-13-22)27(31-21-24-16-10-5-11-17-24)26(18-28)30-20-23-14-8-4-9-15-23/h2-17,25-28H,1,18-21H2/t25-,26+,27+/m1/s1. The zero-order valence-electron chi connectivity index (χ0n) is 17.7. The second kappa shape index (κ2) is 12.8. The number of hydrogen-bond donors (Lipinski definition) is 1. The Morgan fingerprint density at radius 1 is 0.645 bits per heavy atom. The maximum absolute atomic E-state index is 10.1. The summed E-state index contributed by atoms with van der Waals surface area (Å²) in [6, 6.07) is 29.7. The van der Waals surface area contributed by atoms with Crippen molar-refractivity contribution in [3.05, 3.63) is 120 Å². The normalized spacial score (nSPS) is 14.0. The summed E-state index contributed by atoms with van der Waals surface area (Å²) in [5.41, 5.74) is 3.13. The Morgan fingerprint density at radius 2 is 1.06 bits per heavy atom. The molecule has 0 bridgehead atoms. The van der Waals surface area contributed by atoms with Crippen molar-refractivity contribution in [2.24, 2.45) is 0 Å². The van der Waals surface area contributed by atoms with Crippen LogP contribution in [-0.2, 0) is 34.0 Å². The van der Waals surface area contributed by atoms with Crippen LogP contribution in [0.15, 0.2) is 104 Å². The lowest BCUT2D eigenvalue weighted by molar-refractivity contribution is -0.149. The summed E-state index contributed by atoms with van der Waals surface area (Å²) < 4.78 is 18.4. The molecule has 0 heterocycles. The molecule has 0 aliphatic rings. The van der Waals surface area contributed by atoms with Crippen LogP contribution in [-0.4, -0.2) is 30.0 Å². The molecule has 0 unspecified atom stereocenters. The summed E-state index contributed by atoms with van der Waals surface area (Å²) in [6.07, 6.45) is 0.183. The second-order valence-electron chi connectivity index (χ2n) is 7.28. The van der Waals surface area contributed by atoms with E-state index in [1.807, 2.05) is 91.0 Å². The van der Waals surface area contributed by atoms with Crippen molar-refractivity contribution >= 4 is 0 Å². The molecular weight excluding hydrogens is 388 g/mol. The Labute approximate surface area is 184 Å². The van der Waals surface area contributed by atoms with Crippen molar-refractivity contribution in [3.8, 4) is 0 Å². The van der Waals surface area contributed by atoms with Crippen LogP contribution in [0.25, 0.3) is 0 Å². The maximum atomic E-state index is 10.1. The van der Waals surface area contributed by atoms with Crippen molar-refractivity contribution in [1.82, 2.24) is 0 Å². The molecule has 0 spiro atoms. The minimum absolute atomic E-state index is 0.189. The topological polar surface area (TPSA) is 47.9 Å². The maximum Gasteiger partial charge on any atom is 0.116 e. The van der Waals surface area contributed by atoms with Gasteiger partial charge in [0.05, 0.1) is 26.4 Å². The van der Waals surface area contributed by atoms with Crippen LogP contribution >= 0.6 is 0 Å². The first kappa shape index (κ1) is 22.9. The van der Waals surface area contributed by atoms with E-state index in [4.69, 9.17) is 14.2 Å². The first-order valence-corrected chi connectivity index (χ1v) is 10.5. The van der Waals surface area contributed by atoms with Crippen molar-refractivity contribution in [3.63, 3.8) is 0 Å². The fourth-order valence-electron chi connectivity index (χ4n) is 3.27. The molecule has 0 fully saturated rings. The van der Waals surface area contributed by atoms with Gasteiger partial charge in [0.2, 0.25) is 0 Å². The van der Waals surface area contributed by atoms with Crippen molar-refractivity contribution in [2.75, 3.05) is 6.61 Å². The van der Waals surface area contributed by atoms with E-state index >= 15 is 0 Å². The molecule has 0 aromatic heterocycles. The number of benzene rings is 3. The summed E-state index contributed by atoms with van der Waals surface area (Å²) in [4.78, 5) is 0. The number of hydrogen-bond acceptors (Lipinski definition) is 4. The van der Waals surface area contributed by atoms with Gasteiger partial charge in [0.15, 0.2) is 0 Å². The van der Waals surface area contributed by atoms with Gasteiger partial charge in [0, 0.05) is 0 Å². The Bertz CT molecular complexity index is 868. The van der Waals surface area contributed by atoms with Gasteiger partial charge in [-0.25, -0.2) is 0 Å². The highest BCUT2D eigenvalue weighted by Gasteiger charge is 2.30. The summed E-state index contributed by atoms with van der Waals surface area (Å²) in [6.45, 7) is 4.93. The number of rotatable bonds is 13. The van der Waals surface area contributed by atoms with Gasteiger partial charge in [-0.2, -0.15) is 0 Å². The van der Waals surface area contributed by atoms with E-state index in [0.29, 0.717) is 19.8 Å². The lowest BCUT2D eigenvalue weighted by Gasteiger charge is -2.31. The predicted molar refractivity (Wildman–Crippen MR) is 122 cm³/mol. The van der Waals surface area contributed by atoms with Gasteiger partial charge in [0.25, 0.3) is 0 Å². The first-order valence-electron chi connectivity index (χ1n) is 10.5. The van der Waals surface area contributed by atoms with Gasteiger partial charge < -0.3 is 19.3 Å². The number of aliphatic hydroxyl groups excluding tert-OH is 1. The molecule has 1 N–H and O–H groups in total. The van der Waals surface area contributed by atoms with Crippen LogP contribution in [0, 0.1) is 0 Å². The van der Waals surface area contributed by atoms with Gasteiger partial charge in [-0.15, -0.1) is 6.58 Å². The first-order chi connectivity index (χ1) is 15.3. The molecule has 0 aliphatic carbocycles. The van der Waals surface area contributed by atoms with Crippen molar-refractivity contribution in [1.29, 1.82) is 0 Å². The molecule has 0 aliphatic heterocycles. The van der Waals surface area contributed by atoms with Crippen LogP contribution in [0.4, 0.5) is 0 Å². The zero-order chi connectivity index (χ0) is 21.7. The van der Waals surface area contributed by atoms with E-state index in [9.17, 15) is 5.11 Å². The number of aliphatic hydroxyl groups is 1. The fourth-order valence-corrected chi connectivity index (χ4v) is 3.27. The van der Waals surface area contributed by atoms with Crippen LogP contribution in [0.2, 0.25) is 0 Å². The third-order valence-electron chi connectivity index (χ3n) is 4.98. The molecule has 4 heteroatoms. The molecule has 3 aromatic rings. The molecular formula is C27H30O4. The SMILES string of the molecule is C=C[C@@H](OCc1ccccc1)[C@H](OCc1ccccc1)[C@H](CO)OCc1ccccc1. The second-order valence-corrected chi connectivity index (χ2v) is 7.28. The van der Waals surface area contributed by atoms with E-state index in [-0.39, 0.29) is 6.61 Å². The molecule has 31 heavy (non-hydrogen) atoms. The monoisotopic (exact) mass is 418 g/mol. The number of ether oxygens (including phenoxy) is 3. The Kier molecular flexibility index (Phi) is 9.48. The largest absolute Gasteiger partial charge is 0.394 e. The van der Waals surface area contributed by atoms with Gasteiger partial charge in [0.1, 0.15) is 18.3 Å². The van der Waals surface area contributed by atoms with Crippen molar-refractivity contribution in [2.45, 2.75) is 38.1 Å². The lowest BCUT2D eigenvalue weighted by Crippen LogP contribution is -2.43. The average molecular weight is 419 g/mol. The molecule has 0 radical (unpaired) electrons. The summed E-state index contributed by atoms with van der Waals surface area (Å²) in [5.74, 6) is 0. The van der Waals surface area contributed by atoms with Gasteiger partial charge >= 0.3 is 0 Å². The molecule has 3 atom stereocenters. The van der Waals surface area contributed by atoms with Crippen molar-refractivity contribution < 1.29 is 19.3 Å². The van der Waals surface area contributed by atoms with Crippen LogP contribution in [0.5, 0.6) is 0 Å². The van der Waals surface area contributed by atoms with Crippen LogP contribution < -0.4 is 0 Å². The Morgan fingerprint density at radius 3 is 1.48 bits per heavy atom. The fraction of sp³-hybridized carbons (Fsp3) is 0.259. The predicted octanol–water partition coefficient (Wildman–Crippen LogP) is 4.92. The molecule has 162 valence electrons. The molecule has 0 amide bonds. The van der Waals surface area contributed by atoms with Gasteiger partial charge in [-0.3, -0.25) is 0 Å². The molecule has 4 nitrogen and oxygen atoms in total. The Balaban J connectivity index is 1.71. The minimum Gasteiger partial charge on any atom is -0.394 e. The summed E-state index contributed by atoms with van der Waals surface area (Å²) in [5, 5.41) is 10.1. The van der Waals surface area contributed by atoms with Gasteiger partial charge in [-0.05, 0) is 16.7 Å². The minimum atomic E-state index is -0.567. The van der Waals surface area contributed by atoms with E-state index < -0.39 is 18.3 Å². The average Bonchev–Trinajstić information content (AvgIpc) is 2.84. The summed E-state index contributed by atoms with van der Waals surface area (Å²) >= 11 is 0. The van der Waals surface area contributed by atoms with E-state index in [2.05, 4.69) is 6.58 Å². The molecule has 3 aromatic carbocycles. The molecule has 3 rings (SSSR count). The van der Waals surface area contributed by atoms with Crippen LogP contribution in [0.3, 0.4) is 0 Å². The third-order valence-corrected chi connectivity index (χ3v) is 4.98. The molecule has 0 saturated heterocycles. The quantitative estimate of drug-likeness (QED) is 0.400. The zero-order valence-corrected chi connectivity index (χ0v) is 17.7. The summed E-state index contributed by atoms with van der Waals surface area (Å²) in [7, 11) is 0. The van der Waals surface area contributed by atoms with Gasteiger partial charge in [-0.1, -0.05) is 97.1 Å². The highest BCUT2D eigenvalue weighted by Crippen LogP contribution is 2.19. The van der Waals surface area contributed by atoms with Crippen LogP contribution in [0.1, 0.15) is 16.7 Å². The van der Waals surface area contributed by atoms with E-state index in [1.54, 1.807) is 6.08 Å². The third kappa shape index (κ3) is 7.46. The highest BCUT2D eigenvalue weighted by atomic mass is 16.6. The highest BCUT2D eigenvalue weighted by molar-refractivity contribution is 5.15. The Hall–Kier alpha value is -2.76. The van der Waals surface area contributed by atoms with E-state index in [0.717, 1.165) is 16.7 Å². The molecule has 0 saturated carbocycles. The lowest BCUT2D eigenvalue weighted by atomic mass is 10.1. The smallest absolute Gasteiger partial charge is 0.116 e. The van der Waals surface area contributed by atoms with E-state index in [1.165, 1.54) is 0 Å².